The number of carbonyl (C=O) groups is 1. The fourth-order valence-corrected chi connectivity index (χ4v) is 2.92. The Morgan fingerprint density at radius 3 is 2.48 bits per heavy atom. The van der Waals surface area contributed by atoms with Gasteiger partial charge in [-0.05, 0) is 33.1 Å². The van der Waals surface area contributed by atoms with Gasteiger partial charge in [-0.2, -0.15) is 0 Å². The lowest BCUT2D eigenvalue weighted by atomic mass is 10.3. The summed E-state index contributed by atoms with van der Waals surface area (Å²) in [6.07, 6.45) is 5.86. The van der Waals surface area contributed by atoms with Gasteiger partial charge in [0.1, 0.15) is 17.8 Å². The molecule has 9 nitrogen and oxygen atoms in total. The van der Waals surface area contributed by atoms with Gasteiger partial charge >= 0.3 is 0 Å². The summed E-state index contributed by atoms with van der Waals surface area (Å²) in [4.78, 5) is 35.8. The van der Waals surface area contributed by atoms with E-state index in [-0.39, 0.29) is 5.91 Å². The first-order chi connectivity index (χ1) is 13.1. The molecule has 1 saturated heterocycles. The van der Waals surface area contributed by atoms with Crippen molar-refractivity contribution in [3.63, 3.8) is 0 Å². The normalized spacial score (nSPS) is 14.5. The quantitative estimate of drug-likeness (QED) is 0.695. The topological polar surface area (TPSA) is 90.4 Å². The van der Waals surface area contributed by atoms with Crippen LogP contribution < -0.4 is 15.1 Å². The fourth-order valence-electron chi connectivity index (χ4n) is 2.92. The van der Waals surface area contributed by atoms with Crippen LogP contribution in [0.15, 0.2) is 30.9 Å². The van der Waals surface area contributed by atoms with E-state index in [0.717, 1.165) is 50.9 Å². The van der Waals surface area contributed by atoms with Gasteiger partial charge in [0.15, 0.2) is 0 Å². The molecule has 144 valence electrons. The molecular weight excluding hydrogens is 344 g/mol. The minimum absolute atomic E-state index is 0.159. The Hall–Kier alpha value is -2.81. The second-order valence-electron chi connectivity index (χ2n) is 6.70. The van der Waals surface area contributed by atoms with Gasteiger partial charge in [0.25, 0.3) is 5.91 Å². The van der Waals surface area contributed by atoms with Crippen LogP contribution in [0.3, 0.4) is 0 Å². The maximum atomic E-state index is 12.3. The molecule has 0 atom stereocenters. The standard InChI is InChI=1S/C18H26N8O/c1-24(2)8-4-7-19-17(27)15-13-16(23-14-22-15)25-9-11-26(12-10-25)18-20-5-3-6-21-18/h3,5-6,13-14H,4,7-12H2,1-2H3,(H,19,27). The lowest BCUT2D eigenvalue weighted by Crippen LogP contribution is -2.47. The molecule has 1 N–H and O–H groups in total. The predicted molar refractivity (Wildman–Crippen MR) is 104 cm³/mol. The van der Waals surface area contributed by atoms with Crippen LogP contribution in [0.5, 0.6) is 0 Å². The summed E-state index contributed by atoms with van der Waals surface area (Å²) in [5, 5.41) is 2.91. The minimum atomic E-state index is -0.159. The average Bonchev–Trinajstić information content (AvgIpc) is 2.72. The molecule has 3 heterocycles. The van der Waals surface area contributed by atoms with Gasteiger partial charge in [-0.15, -0.1) is 0 Å². The summed E-state index contributed by atoms with van der Waals surface area (Å²) in [5.74, 6) is 1.36. The zero-order valence-corrected chi connectivity index (χ0v) is 15.9. The lowest BCUT2D eigenvalue weighted by Gasteiger charge is -2.35. The van der Waals surface area contributed by atoms with Gasteiger partial charge in [-0.3, -0.25) is 4.79 Å². The molecular formula is C18H26N8O. The van der Waals surface area contributed by atoms with Crippen LogP contribution in [-0.2, 0) is 0 Å². The van der Waals surface area contributed by atoms with Crippen LogP contribution in [-0.4, -0.2) is 84.1 Å². The van der Waals surface area contributed by atoms with Gasteiger partial charge in [0.05, 0.1) is 0 Å². The smallest absolute Gasteiger partial charge is 0.270 e. The van der Waals surface area contributed by atoms with Crippen molar-refractivity contribution in [3.05, 3.63) is 36.5 Å². The molecule has 27 heavy (non-hydrogen) atoms. The molecule has 0 bridgehead atoms. The molecule has 1 fully saturated rings. The SMILES string of the molecule is CN(C)CCCNC(=O)c1cc(N2CCN(c3ncccn3)CC2)ncn1. The number of amides is 1. The molecule has 3 rings (SSSR count). The first-order valence-corrected chi connectivity index (χ1v) is 9.15. The van der Waals surface area contributed by atoms with E-state index in [2.05, 4.69) is 40.0 Å². The van der Waals surface area contributed by atoms with Crippen LogP contribution in [0.1, 0.15) is 16.9 Å². The first kappa shape index (κ1) is 19.0. The Kier molecular flexibility index (Phi) is 6.48. The van der Waals surface area contributed by atoms with Crippen LogP contribution in [0.4, 0.5) is 11.8 Å². The second-order valence-corrected chi connectivity index (χ2v) is 6.70. The van der Waals surface area contributed by atoms with Crippen molar-refractivity contribution in [3.8, 4) is 0 Å². The van der Waals surface area contributed by atoms with E-state index >= 15 is 0 Å². The summed E-state index contributed by atoms with van der Waals surface area (Å²) < 4.78 is 0. The molecule has 1 aliphatic rings. The molecule has 1 aliphatic heterocycles. The zero-order chi connectivity index (χ0) is 19.1. The number of hydrogen-bond acceptors (Lipinski definition) is 8. The average molecular weight is 370 g/mol. The third-order valence-corrected chi connectivity index (χ3v) is 4.39. The number of aromatic nitrogens is 4. The van der Waals surface area contributed by atoms with Crippen LogP contribution in [0.2, 0.25) is 0 Å². The summed E-state index contributed by atoms with van der Waals surface area (Å²) in [6, 6.07) is 3.57. The van der Waals surface area contributed by atoms with Gasteiger partial charge in [-0.1, -0.05) is 0 Å². The summed E-state index contributed by atoms with van der Waals surface area (Å²) in [6.45, 7) is 4.76. The van der Waals surface area contributed by atoms with Crippen molar-refractivity contribution >= 4 is 17.7 Å². The van der Waals surface area contributed by atoms with Crippen molar-refractivity contribution in [2.24, 2.45) is 0 Å². The molecule has 0 aromatic carbocycles. The largest absolute Gasteiger partial charge is 0.353 e. The van der Waals surface area contributed by atoms with Crippen LogP contribution >= 0.6 is 0 Å². The Morgan fingerprint density at radius 2 is 1.78 bits per heavy atom. The molecule has 9 heteroatoms. The predicted octanol–water partition coefficient (Wildman–Crippen LogP) is 0.275. The Labute approximate surface area is 159 Å². The fraction of sp³-hybridized carbons (Fsp3) is 0.500. The maximum Gasteiger partial charge on any atom is 0.270 e. The van der Waals surface area contributed by atoms with Crippen molar-refractivity contribution in [1.82, 2.24) is 30.2 Å². The molecule has 1 amide bonds. The van der Waals surface area contributed by atoms with Crippen molar-refractivity contribution in [2.75, 3.05) is 63.2 Å². The molecule has 2 aromatic rings. The number of hydrogen-bond donors (Lipinski definition) is 1. The van der Waals surface area contributed by atoms with E-state index in [4.69, 9.17) is 0 Å². The maximum absolute atomic E-state index is 12.3. The van der Waals surface area contributed by atoms with Gasteiger partial charge in [0, 0.05) is 51.2 Å². The highest BCUT2D eigenvalue weighted by Crippen LogP contribution is 2.16. The summed E-state index contributed by atoms with van der Waals surface area (Å²) >= 11 is 0. The molecule has 0 aliphatic carbocycles. The highest BCUT2D eigenvalue weighted by atomic mass is 16.1. The number of nitrogens with zero attached hydrogens (tertiary/aromatic N) is 7. The van der Waals surface area contributed by atoms with E-state index in [1.807, 2.05) is 20.2 Å². The molecule has 0 unspecified atom stereocenters. The number of piperazine rings is 1. The Bertz CT molecular complexity index is 731. The van der Waals surface area contributed by atoms with Gasteiger partial charge in [0.2, 0.25) is 5.95 Å². The highest BCUT2D eigenvalue weighted by Gasteiger charge is 2.20. The minimum Gasteiger partial charge on any atom is -0.353 e. The second kappa shape index (κ2) is 9.22. The number of anilines is 2. The lowest BCUT2D eigenvalue weighted by molar-refractivity contribution is 0.0947. The number of carbonyl (C=O) groups excluding carboxylic acids is 1. The van der Waals surface area contributed by atoms with E-state index in [0.29, 0.717) is 12.2 Å². The Balaban J connectivity index is 1.54. The third kappa shape index (κ3) is 5.33. The first-order valence-electron chi connectivity index (χ1n) is 9.15. The summed E-state index contributed by atoms with van der Waals surface area (Å²) in [5.41, 5.74) is 0.402. The van der Waals surface area contributed by atoms with Gasteiger partial charge < -0.3 is 20.0 Å². The van der Waals surface area contributed by atoms with E-state index in [1.54, 1.807) is 18.5 Å². The summed E-state index contributed by atoms with van der Waals surface area (Å²) in [7, 11) is 4.03. The van der Waals surface area contributed by atoms with Crippen LogP contribution in [0, 0.1) is 0 Å². The molecule has 0 saturated carbocycles. The number of rotatable bonds is 7. The molecule has 0 radical (unpaired) electrons. The van der Waals surface area contributed by atoms with E-state index in [1.165, 1.54) is 6.33 Å². The van der Waals surface area contributed by atoms with E-state index < -0.39 is 0 Å². The van der Waals surface area contributed by atoms with Crippen molar-refractivity contribution in [2.45, 2.75) is 6.42 Å². The monoisotopic (exact) mass is 370 g/mol. The van der Waals surface area contributed by atoms with Gasteiger partial charge in [-0.25, -0.2) is 19.9 Å². The highest BCUT2D eigenvalue weighted by molar-refractivity contribution is 5.92. The third-order valence-electron chi connectivity index (χ3n) is 4.39. The van der Waals surface area contributed by atoms with E-state index in [9.17, 15) is 4.79 Å². The molecule has 2 aromatic heterocycles. The molecule has 0 spiro atoms. The van der Waals surface area contributed by atoms with Crippen LogP contribution in [0.25, 0.3) is 0 Å². The Morgan fingerprint density at radius 1 is 1.07 bits per heavy atom. The zero-order valence-electron chi connectivity index (χ0n) is 15.9. The number of nitrogens with one attached hydrogen (secondary N) is 1. The van der Waals surface area contributed by atoms with Crippen molar-refractivity contribution < 1.29 is 4.79 Å². The van der Waals surface area contributed by atoms with Crippen molar-refractivity contribution in [1.29, 1.82) is 0 Å².